The minimum absolute atomic E-state index is 0.284. The summed E-state index contributed by atoms with van der Waals surface area (Å²) in [6.45, 7) is 2.57. The Morgan fingerprint density at radius 3 is 2.27 bits per heavy atom. The first-order chi connectivity index (χ1) is 5.41. The van der Waals surface area contributed by atoms with E-state index in [0.29, 0.717) is 38.7 Å². The predicted molar refractivity (Wildman–Crippen MR) is 44.3 cm³/mol. The van der Waals surface area contributed by atoms with E-state index < -0.39 is 0 Å². The average Bonchev–Trinajstić information content (AvgIpc) is 2.03. The fourth-order valence-corrected chi connectivity index (χ4v) is 0.677. The van der Waals surface area contributed by atoms with Crippen LogP contribution in [0.25, 0.3) is 0 Å². The minimum Gasteiger partial charge on any atom is -0.378 e. The van der Waals surface area contributed by atoms with Gasteiger partial charge in [-0.05, 0) is 0 Å². The lowest BCUT2D eigenvalue weighted by atomic mass is 10.7. The zero-order valence-corrected chi connectivity index (χ0v) is 7.24. The van der Waals surface area contributed by atoms with Crippen LogP contribution in [-0.4, -0.2) is 38.7 Å². The lowest BCUT2D eigenvalue weighted by Crippen LogP contribution is -2.12. The summed E-state index contributed by atoms with van der Waals surface area (Å²) in [6, 6.07) is 0. The summed E-state index contributed by atoms with van der Waals surface area (Å²) in [5, 5.41) is 0. The van der Waals surface area contributed by atoms with Crippen LogP contribution in [0.2, 0.25) is 0 Å². The maximum absolute atomic E-state index is 11.4. The van der Waals surface area contributed by atoms with Gasteiger partial charge in [0, 0.05) is 24.4 Å². The van der Waals surface area contributed by atoms with Gasteiger partial charge in [0.15, 0.2) is 0 Å². The molecule has 0 aliphatic rings. The van der Waals surface area contributed by atoms with Gasteiger partial charge >= 0.3 is 0 Å². The molecule has 0 atom stereocenters. The number of halogens is 1. The van der Waals surface area contributed by atoms with E-state index in [1.165, 1.54) is 0 Å². The van der Waals surface area contributed by atoms with E-state index in [9.17, 15) is 3.89 Å². The number of hydrogen-bond acceptors (Lipinski definition) is 4. The van der Waals surface area contributed by atoms with Crippen LogP contribution >= 0.6 is 12.1 Å². The first-order valence-electron chi connectivity index (χ1n) is 3.51. The summed E-state index contributed by atoms with van der Waals surface area (Å²) in [5.41, 5.74) is 5.17. The Labute approximate surface area is 70.7 Å². The smallest absolute Gasteiger partial charge is 0.0701 e. The summed E-state index contributed by atoms with van der Waals surface area (Å²) >= 11 is 0.284. The first kappa shape index (κ1) is 11.2. The maximum atomic E-state index is 11.4. The summed E-state index contributed by atoms with van der Waals surface area (Å²) in [4.78, 5) is 0. The fourth-order valence-electron chi connectivity index (χ4n) is 0.496. The molecule has 0 aliphatic heterocycles. The molecule has 0 radical (unpaired) electrons. The van der Waals surface area contributed by atoms with Crippen LogP contribution < -0.4 is 5.73 Å². The lowest BCUT2D eigenvalue weighted by molar-refractivity contribution is 0.0570. The van der Waals surface area contributed by atoms with Gasteiger partial charge in [-0.2, -0.15) is 3.89 Å². The van der Waals surface area contributed by atoms with Gasteiger partial charge in [0.2, 0.25) is 0 Å². The molecule has 68 valence electrons. The second kappa shape index (κ2) is 10.2. The van der Waals surface area contributed by atoms with Crippen LogP contribution in [-0.2, 0) is 9.47 Å². The van der Waals surface area contributed by atoms with Crippen molar-refractivity contribution in [3.05, 3.63) is 0 Å². The highest BCUT2D eigenvalue weighted by atomic mass is 32.2. The van der Waals surface area contributed by atoms with Crippen molar-refractivity contribution >= 4 is 12.1 Å². The van der Waals surface area contributed by atoms with E-state index in [2.05, 4.69) is 0 Å². The molecule has 0 aliphatic carbocycles. The molecule has 0 unspecified atom stereocenters. The molecular weight excluding hydrogens is 169 g/mol. The third-order valence-corrected chi connectivity index (χ3v) is 1.26. The quantitative estimate of drug-likeness (QED) is 0.560. The number of rotatable bonds is 8. The average molecular weight is 183 g/mol. The van der Waals surface area contributed by atoms with E-state index in [0.717, 1.165) is 0 Å². The van der Waals surface area contributed by atoms with Crippen LogP contribution in [0.5, 0.6) is 0 Å². The SMILES string of the molecule is NCCOCCOCCSF. The minimum atomic E-state index is 0.284. The summed E-state index contributed by atoms with van der Waals surface area (Å²) < 4.78 is 21.4. The van der Waals surface area contributed by atoms with Crippen LogP contribution in [0.15, 0.2) is 0 Å². The normalized spacial score (nSPS) is 10.4. The molecule has 0 fully saturated rings. The molecule has 0 saturated carbocycles. The van der Waals surface area contributed by atoms with Gasteiger partial charge in [0.25, 0.3) is 0 Å². The molecule has 0 aromatic rings. The fraction of sp³-hybridized carbons (Fsp3) is 1.00. The molecule has 0 bridgehead atoms. The Kier molecular flexibility index (Phi) is 10.3. The highest BCUT2D eigenvalue weighted by Crippen LogP contribution is 1.97. The van der Waals surface area contributed by atoms with E-state index in [4.69, 9.17) is 15.2 Å². The number of hydrogen-bond donors (Lipinski definition) is 1. The van der Waals surface area contributed by atoms with Crippen molar-refractivity contribution in [3.63, 3.8) is 0 Å². The lowest BCUT2D eigenvalue weighted by Gasteiger charge is -2.02. The molecule has 2 N–H and O–H groups in total. The van der Waals surface area contributed by atoms with Crippen molar-refractivity contribution in [2.45, 2.75) is 0 Å². The van der Waals surface area contributed by atoms with E-state index in [1.54, 1.807) is 0 Å². The molecule has 0 aromatic carbocycles. The Balaban J connectivity index is 2.69. The highest BCUT2D eigenvalue weighted by molar-refractivity contribution is 7.94. The van der Waals surface area contributed by atoms with Crippen LogP contribution in [0.1, 0.15) is 0 Å². The third kappa shape index (κ3) is 10.2. The molecule has 0 amide bonds. The van der Waals surface area contributed by atoms with Gasteiger partial charge in [-0.1, -0.05) is 0 Å². The summed E-state index contributed by atoms with van der Waals surface area (Å²) in [7, 11) is 0. The van der Waals surface area contributed by atoms with Crippen molar-refractivity contribution < 1.29 is 13.4 Å². The molecule has 3 nitrogen and oxygen atoms in total. The monoisotopic (exact) mass is 183 g/mol. The summed E-state index contributed by atoms with van der Waals surface area (Å²) in [5.74, 6) is 0.386. The highest BCUT2D eigenvalue weighted by Gasteiger charge is 1.89. The summed E-state index contributed by atoms with van der Waals surface area (Å²) in [6.07, 6.45) is 0. The van der Waals surface area contributed by atoms with Crippen LogP contribution in [0, 0.1) is 0 Å². The molecule has 0 spiro atoms. The molecular formula is C6H14FNO2S. The van der Waals surface area contributed by atoms with Crippen molar-refractivity contribution in [1.29, 1.82) is 0 Å². The standard InChI is InChI=1S/C6H14FNO2S/c7-11-6-5-10-4-3-9-2-1-8/h1-6,8H2. The third-order valence-electron chi connectivity index (χ3n) is 0.939. The van der Waals surface area contributed by atoms with Gasteiger partial charge < -0.3 is 15.2 Å². The Hall–Kier alpha value is 0.160. The largest absolute Gasteiger partial charge is 0.378 e. The molecule has 0 saturated heterocycles. The van der Waals surface area contributed by atoms with Crippen LogP contribution in [0.4, 0.5) is 3.89 Å². The first-order valence-corrected chi connectivity index (χ1v) is 4.39. The second-order valence-electron chi connectivity index (χ2n) is 1.83. The zero-order valence-electron chi connectivity index (χ0n) is 6.42. The van der Waals surface area contributed by atoms with E-state index >= 15 is 0 Å². The van der Waals surface area contributed by atoms with E-state index in [1.807, 2.05) is 0 Å². The van der Waals surface area contributed by atoms with E-state index in [-0.39, 0.29) is 12.1 Å². The molecule has 0 heterocycles. The molecule has 11 heavy (non-hydrogen) atoms. The Morgan fingerprint density at radius 2 is 1.73 bits per heavy atom. The number of ether oxygens (including phenoxy) is 2. The van der Waals surface area contributed by atoms with Crippen molar-refractivity contribution in [1.82, 2.24) is 0 Å². The van der Waals surface area contributed by atoms with Gasteiger partial charge in [-0.15, -0.1) is 0 Å². The predicted octanol–water partition coefficient (Wildman–Crippen LogP) is 0.596. The van der Waals surface area contributed by atoms with Gasteiger partial charge in [-0.3, -0.25) is 0 Å². The second-order valence-corrected chi connectivity index (χ2v) is 2.45. The van der Waals surface area contributed by atoms with Crippen molar-refractivity contribution in [2.24, 2.45) is 5.73 Å². The molecule has 0 rings (SSSR count). The zero-order chi connectivity index (χ0) is 8.36. The Morgan fingerprint density at radius 1 is 1.09 bits per heavy atom. The van der Waals surface area contributed by atoms with Gasteiger partial charge in [0.05, 0.1) is 26.4 Å². The molecule has 5 heteroatoms. The van der Waals surface area contributed by atoms with Crippen molar-refractivity contribution in [2.75, 3.05) is 38.7 Å². The number of nitrogens with two attached hydrogens (primary N) is 1. The molecule has 0 aromatic heterocycles. The maximum Gasteiger partial charge on any atom is 0.0701 e. The van der Waals surface area contributed by atoms with Crippen molar-refractivity contribution in [3.8, 4) is 0 Å². The van der Waals surface area contributed by atoms with Gasteiger partial charge in [0.1, 0.15) is 0 Å². The van der Waals surface area contributed by atoms with Gasteiger partial charge in [-0.25, -0.2) is 0 Å². The Bertz CT molecular complexity index is 69.6. The topological polar surface area (TPSA) is 44.5 Å². The van der Waals surface area contributed by atoms with Crippen LogP contribution in [0.3, 0.4) is 0 Å².